The Kier molecular flexibility index (Phi) is 6.14. The van der Waals surface area contributed by atoms with Gasteiger partial charge in [-0.2, -0.15) is 11.8 Å². The number of halogens is 1. The predicted molar refractivity (Wildman–Crippen MR) is 97.0 cm³/mol. The van der Waals surface area contributed by atoms with Gasteiger partial charge in [0, 0.05) is 42.4 Å². The highest BCUT2D eigenvalue weighted by Gasteiger charge is 2.29. The summed E-state index contributed by atoms with van der Waals surface area (Å²) in [5, 5.41) is 4.11. The van der Waals surface area contributed by atoms with Crippen LogP contribution in [0.15, 0.2) is 12.1 Å². The van der Waals surface area contributed by atoms with Gasteiger partial charge in [-0.3, -0.25) is 4.79 Å². The molecule has 1 aromatic carbocycles. The number of amides is 1. The zero-order chi connectivity index (χ0) is 16.9. The van der Waals surface area contributed by atoms with Crippen LogP contribution in [-0.2, 0) is 11.3 Å². The zero-order valence-electron chi connectivity index (χ0n) is 13.8. The number of hydrogen-bond acceptors (Lipinski definition) is 5. The Morgan fingerprint density at radius 1 is 1.38 bits per heavy atom. The molecule has 0 bridgehead atoms. The van der Waals surface area contributed by atoms with E-state index in [9.17, 15) is 4.79 Å². The molecule has 2 aliphatic rings. The van der Waals surface area contributed by atoms with E-state index in [1.807, 2.05) is 11.0 Å². The number of nitrogens with zero attached hydrogens (tertiary/aromatic N) is 1. The average Bonchev–Trinajstić information content (AvgIpc) is 3.16. The maximum absolute atomic E-state index is 12.0. The summed E-state index contributed by atoms with van der Waals surface area (Å²) < 4.78 is 10.7. The topological polar surface area (TPSA) is 50.8 Å². The van der Waals surface area contributed by atoms with Crippen LogP contribution >= 0.6 is 23.4 Å². The van der Waals surface area contributed by atoms with Crippen LogP contribution in [0.1, 0.15) is 24.8 Å². The monoisotopic (exact) mass is 370 g/mol. The molecule has 1 saturated heterocycles. The number of nitrogens with one attached hydrogen (secondary N) is 1. The van der Waals surface area contributed by atoms with Gasteiger partial charge in [0.15, 0.2) is 11.5 Å². The first kappa shape index (κ1) is 17.7. The third-order valence-electron chi connectivity index (χ3n) is 4.50. The van der Waals surface area contributed by atoms with Crippen LogP contribution in [0.5, 0.6) is 11.5 Å². The van der Waals surface area contributed by atoms with Crippen LogP contribution < -0.4 is 14.8 Å². The molecular formula is C17H23ClN2O3S. The minimum Gasteiger partial charge on any atom is -0.454 e. The molecule has 3 rings (SSSR count). The summed E-state index contributed by atoms with van der Waals surface area (Å²) in [5.74, 6) is 2.76. The van der Waals surface area contributed by atoms with Crippen molar-refractivity contribution in [3.05, 3.63) is 22.7 Å². The summed E-state index contributed by atoms with van der Waals surface area (Å²) in [6.07, 6.45) is 4.71. The molecule has 1 amide bonds. The number of benzene rings is 1. The standard InChI is InChI=1S/C17H23ClN2O3S/c1-24-7-6-20-13(2-3-17(20)21)4-5-19-10-12-8-15-16(9-14(12)18)23-11-22-15/h8-9,13,19H,2-7,10-11H2,1H3. The first-order chi connectivity index (χ1) is 11.7. The highest BCUT2D eigenvalue weighted by Crippen LogP contribution is 2.36. The normalized spacial score (nSPS) is 19.3. The van der Waals surface area contributed by atoms with E-state index >= 15 is 0 Å². The molecule has 1 fully saturated rings. The summed E-state index contributed by atoms with van der Waals surface area (Å²) in [5.41, 5.74) is 1.00. The molecular weight excluding hydrogens is 348 g/mol. The van der Waals surface area contributed by atoms with Crippen LogP contribution in [0.3, 0.4) is 0 Å². The van der Waals surface area contributed by atoms with Crippen molar-refractivity contribution in [2.75, 3.05) is 31.9 Å². The maximum atomic E-state index is 12.0. The van der Waals surface area contributed by atoms with Gasteiger partial charge < -0.3 is 19.7 Å². The second-order valence-corrected chi connectivity index (χ2v) is 7.43. The number of thioether (sulfide) groups is 1. The number of hydrogen-bond donors (Lipinski definition) is 1. The first-order valence-corrected chi connectivity index (χ1v) is 10.0. The number of ether oxygens (including phenoxy) is 2. The molecule has 0 aromatic heterocycles. The predicted octanol–water partition coefficient (Wildman–Crippen LogP) is 2.90. The van der Waals surface area contributed by atoms with Gasteiger partial charge in [-0.05, 0) is 37.3 Å². The van der Waals surface area contributed by atoms with Gasteiger partial charge in [0.25, 0.3) is 0 Å². The minimum atomic E-state index is 0.254. The molecule has 1 aromatic rings. The Bertz CT molecular complexity index is 599. The Hall–Kier alpha value is -1.11. The Balaban J connectivity index is 1.46. The van der Waals surface area contributed by atoms with E-state index < -0.39 is 0 Å². The molecule has 2 aliphatic heterocycles. The van der Waals surface area contributed by atoms with Crippen LogP contribution in [-0.4, -0.2) is 48.7 Å². The lowest BCUT2D eigenvalue weighted by atomic mass is 10.1. The van der Waals surface area contributed by atoms with Gasteiger partial charge in [0.05, 0.1) is 0 Å². The molecule has 0 aliphatic carbocycles. The van der Waals surface area contributed by atoms with Crippen LogP contribution in [0, 0.1) is 0 Å². The lowest BCUT2D eigenvalue weighted by Crippen LogP contribution is -2.36. The number of carbonyl (C=O) groups is 1. The molecule has 5 nitrogen and oxygen atoms in total. The van der Waals surface area contributed by atoms with Crippen molar-refractivity contribution in [3.8, 4) is 11.5 Å². The number of rotatable bonds is 8. The van der Waals surface area contributed by atoms with E-state index in [4.69, 9.17) is 21.1 Å². The lowest BCUT2D eigenvalue weighted by molar-refractivity contribution is -0.128. The molecule has 0 radical (unpaired) electrons. The van der Waals surface area contributed by atoms with Crippen molar-refractivity contribution in [3.63, 3.8) is 0 Å². The van der Waals surface area contributed by atoms with E-state index in [0.717, 1.165) is 43.0 Å². The summed E-state index contributed by atoms with van der Waals surface area (Å²) in [6.45, 7) is 2.65. The van der Waals surface area contributed by atoms with E-state index in [1.54, 1.807) is 17.8 Å². The Morgan fingerprint density at radius 3 is 2.96 bits per heavy atom. The Labute approximate surface area is 152 Å². The smallest absolute Gasteiger partial charge is 0.231 e. The highest BCUT2D eigenvalue weighted by atomic mass is 35.5. The SMILES string of the molecule is CSCCN1C(=O)CCC1CCNCc1cc2c(cc1Cl)OCO2. The van der Waals surface area contributed by atoms with Crippen molar-refractivity contribution in [1.82, 2.24) is 10.2 Å². The summed E-state index contributed by atoms with van der Waals surface area (Å²) in [6, 6.07) is 4.10. The van der Waals surface area contributed by atoms with Crippen molar-refractivity contribution in [2.45, 2.75) is 31.8 Å². The van der Waals surface area contributed by atoms with Crippen molar-refractivity contribution >= 4 is 29.3 Å². The molecule has 0 saturated carbocycles. The third kappa shape index (κ3) is 4.10. The lowest BCUT2D eigenvalue weighted by Gasteiger charge is -2.24. The molecule has 24 heavy (non-hydrogen) atoms. The van der Waals surface area contributed by atoms with Gasteiger partial charge in [-0.1, -0.05) is 11.6 Å². The molecule has 1 atom stereocenters. The van der Waals surface area contributed by atoms with Gasteiger partial charge in [0.1, 0.15) is 0 Å². The summed E-state index contributed by atoms with van der Waals surface area (Å²) in [7, 11) is 0. The van der Waals surface area contributed by atoms with Gasteiger partial charge in [0.2, 0.25) is 12.7 Å². The number of carbonyl (C=O) groups excluding carboxylic acids is 1. The Morgan fingerprint density at radius 2 is 2.17 bits per heavy atom. The fourth-order valence-corrected chi connectivity index (χ4v) is 3.78. The number of fused-ring (bicyclic) bond motifs is 1. The molecule has 132 valence electrons. The quantitative estimate of drug-likeness (QED) is 0.713. The molecule has 1 unspecified atom stereocenters. The fourth-order valence-electron chi connectivity index (χ4n) is 3.18. The largest absolute Gasteiger partial charge is 0.454 e. The average molecular weight is 371 g/mol. The second-order valence-electron chi connectivity index (χ2n) is 6.03. The van der Waals surface area contributed by atoms with Crippen LogP contribution in [0.25, 0.3) is 0 Å². The van der Waals surface area contributed by atoms with Crippen molar-refractivity contribution < 1.29 is 14.3 Å². The third-order valence-corrected chi connectivity index (χ3v) is 5.44. The fraction of sp³-hybridized carbons (Fsp3) is 0.588. The second kappa shape index (κ2) is 8.32. The van der Waals surface area contributed by atoms with Gasteiger partial charge in [-0.15, -0.1) is 0 Å². The molecule has 7 heteroatoms. The molecule has 2 heterocycles. The molecule has 1 N–H and O–H groups in total. The summed E-state index contributed by atoms with van der Waals surface area (Å²) >= 11 is 8.07. The van der Waals surface area contributed by atoms with Crippen LogP contribution in [0.2, 0.25) is 5.02 Å². The van der Waals surface area contributed by atoms with Gasteiger partial charge >= 0.3 is 0 Å². The summed E-state index contributed by atoms with van der Waals surface area (Å²) in [4.78, 5) is 14.0. The van der Waals surface area contributed by atoms with E-state index in [-0.39, 0.29) is 6.79 Å². The minimum absolute atomic E-state index is 0.254. The maximum Gasteiger partial charge on any atom is 0.231 e. The van der Waals surface area contributed by atoms with Crippen LogP contribution in [0.4, 0.5) is 0 Å². The van der Waals surface area contributed by atoms with E-state index in [2.05, 4.69) is 11.6 Å². The van der Waals surface area contributed by atoms with E-state index in [0.29, 0.717) is 35.7 Å². The van der Waals surface area contributed by atoms with Gasteiger partial charge in [-0.25, -0.2) is 0 Å². The first-order valence-electron chi connectivity index (χ1n) is 8.26. The van der Waals surface area contributed by atoms with Crippen molar-refractivity contribution in [1.29, 1.82) is 0 Å². The van der Waals surface area contributed by atoms with E-state index in [1.165, 1.54) is 0 Å². The van der Waals surface area contributed by atoms with Crippen molar-refractivity contribution in [2.24, 2.45) is 0 Å². The highest BCUT2D eigenvalue weighted by molar-refractivity contribution is 7.98. The number of likely N-dealkylation sites (tertiary alicyclic amines) is 1. The zero-order valence-corrected chi connectivity index (χ0v) is 15.4. The molecule has 0 spiro atoms.